The smallest absolute Gasteiger partial charge is 0.138 e. The predicted molar refractivity (Wildman–Crippen MR) is 89.6 cm³/mol. The van der Waals surface area contributed by atoms with Gasteiger partial charge < -0.3 is 5.32 Å². The van der Waals surface area contributed by atoms with Gasteiger partial charge in [0.1, 0.15) is 5.82 Å². The van der Waals surface area contributed by atoms with E-state index in [9.17, 15) is 4.39 Å². The van der Waals surface area contributed by atoms with Crippen molar-refractivity contribution in [1.29, 1.82) is 0 Å². The third kappa shape index (κ3) is 2.54. The number of halogens is 2. The van der Waals surface area contributed by atoms with Gasteiger partial charge in [-0.3, -0.25) is 4.98 Å². The molecule has 0 bridgehead atoms. The van der Waals surface area contributed by atoms with E-state index in [1.165, 1.54) is 30.5 Å². The third-order valence-corrected chi connectivity index (χ3v) is 5.00. The summed E-state index contributed by atoms with van der Waals surface area (Å²) in [5, 5.41) is 4.36. The second-order valence-corrected chi connectivity index (χ2v) is 6.51. The zero-order valence-electron chi connectivity index (χ0n) is 12.5. The second-order valence-electron chi connectivity index (χ2n) is 5.72. The average molecular weight is 351 g/mol. The molecule has 1 aliphatic rings. The Labute approximate surface area is 133 Å². The quantitative estimate of drug-likeness (QED) is 0.758. The minimum atomic E-state index is -0.213. The first kappa shape index (κ1) is 14.8. The van der Waals surface area contributed by atoms with Gasteiger partial charge in [-0.15, -0.1) is 0 Å². The van der Waals surface area contributed by atoms with Crippen LogP contribution in [0.4, 0.5) is 10.1 Å². The van der Waals surface area contributed by atoms with Crippen LogP contribution in [-0.4, -0.2) is 11.5 Å². The number of hydrogen-bond acceptors (Lipinski definition) is 2. The lowest BCUT2D eigenvalue weighted by Crippen LogP contribution is -2.08. The van der Waals surface area contributed by atoms with Crippen LogP contribution in [0.25, 0.3) is 10.9 Å². The van der Waals surface area contributed by atoms with Gasteiger partial charge in [-0.2, -0.15) is 0 Å². The summed E-state index contributed by atoms with van der Waals surface area (Å²) in [6.45, 7) is 4.84. The summed E-state index contributed by atoms with van der Waals surface area (Å²) in [5.74, 6) is -0.213. The molecular formula is C17H20BrFN2. The standard InChI is InChI=1S/C17H20BrFN2/c1-3-20-17-11-7-5-4-6-8-13(11)21-16-10(2)9-12(19)15(18)14(16)17/h9H,3-8H2,1-2H3,(H,20,21). The van der Waals surface area contributed by atoms with Crippen molar-refractivity contribution in [1.82, 2.24) is 4.98 Å². The lowest BCUT2D eigenvalue weighted by molar-refractivity contribution is 0.622. The number of pyridine rings is 1. The molecule has 0 unspecified atom stereocenters. The molecule has 112 valence electrons. The number of aryl methyl sites for hydroxylation is 2. The topological polar surface area (TPSA) is 24.9 Å². The minimum Gasteiger partial charge on any atom is -0.384 e. The monoisotopic (exact) mass is 350 g/mol. The molecule has 0 fully saturated rings. The zero-order chi connectivity index (χ0) is 15.0. The van der Waals surface area contributed by atoms with E-state index < -0.39 is 0 Å². The molecular weight excluding hydrogens is 331 g/mol. The predicted octanol–water partition coefficient (Wildman–Crippen LogP) is 5.15. The maximum atomic E-state index is 14.1. The fourth-order valence-electron chi connectivity index (χ4n) is 3.23. The van der Waals surface area contributed by atoms with Gasteiger partial charge in [-0.05, 0) is 72.7 Å². The van der Waals surface area contributed by atoms with Gasteiger partial charge in [0.15, 0.2) is 0 Å². The molecule has 1 aromatic carbocycles. The van der Waals surface area contributed by atoms with Gasteiger partial charge in [0, 0.05) is 23.3 Å². The van der Waals surface area contributed by atoms with Gasteiger partial charge in [0.05, 0.1) is 9.99 Å². The van der Waals surface area contributed by atoms with Crippen LogP contribution in [0, 0.1) is 12.7 Å². The first-order valence-corrected chi connectivity index (χ1v) is 8.46. The van der Waals surface area contributed by atoms with E-state index in [0.717, 1.165) is 41.5 Å². The van der Waals surface area contributed by atoms with Crippen LogP contribution in [0.15, 0.2) is 10.5 Å². The van der Waals surface area contributed by atoms with Crippen molar-refractivity contribution in [3.63, 3.8) is 0 Å². The van der Waals surface area contributed by atoms with Crippen molar-refractivity contribution in [2.75, 3.05) is 11.9 Å². The van der Waals surface area contributed by atoms with E-state index in [2.05, 4.69) is 28.2 Å². The Morgan fingerprint density at radius 3 is 2.81 bits per heavy atom. The molecule has 0 saturated carbocycles. The lowest BCUT2D eigenvalue weighted by atomic mass is 10.00. The Hall–Kier alpha value is -1.16. The van der Waals surface area contributed by atoms with Crippen molar-refractivity contribution in [2.24, 2.45) is 0 Å². The fourth-order valence-corrected chi connectivity index (χ4v) is 3.73. The van der Waals surface area contributed by atoms with Crippen molar-refractivity contribution >= 4 is 32.5 Å². The number of fused-ring (bicyclic) bond motifs is 2. The number of rotatable bonds is 2. The highest BCUT2D eigenvalue weighted by Gasteiger charge is 2.21. The molecule has 1 N–H and O–H groups in total. The molecule has 4 heteroatoms. The van der Waals surface area contributed by atoms with Crippen LogP contribution in [-0.2, 0) is 12.8 Å². The van der Waals surface area contributed by atoms with Gasteiger partial charge in [-0.25, -0.2) is 4.39 Å². The SMILES string of the molecule is CCNc1c2c(nc3c(C)cc(F)c(Br)c13)CCCCC2. The molecule has 1 heterocycles. The Morgan fingerprint density at radius 1 is 1.29 bits per heavy atom. The van der Waals surface area contributed by atoms with Crippen molar-refractivity contribution in [3.8, 4) is 0 Å². The molecule has 0 atom stereocenters. The van der Waals surface area contributed by atoms with Crippen LogP contribution >= 0.6 is 15.9 Å². The fraction of sp³-hybridized carbons (Fsp3) is 0.471. The maximum Gasteiger partial charge on any atom is 0.138 e. The molecule has 0 radical (unpaired) electrons. The van der Waals surface area contributed by atoms with Gasteiger partial charge in [0.2, 0.25) is 0 Å². The Kier molecular flexibility index (Phi) is 4.16. The number of aromatic nitrogens is 1. The number of nitrogens with one attached hydrogen (secondary N) is 1. The molecule has 21 heavy (non-hydrogen) atoms. The summed E-state index contributed by atoms with van der Waals surface area (Å²) < 4.78 is 14.7. The molecule has 0 aliphatic heterocycles. The van der Waals surface area contributed by atoms with Crippen molar-refractivity contribution < 1.29 is 4.39 Å². The maximum absolute atomic E-state index is 14.1. The highest BCUT2D eigenvalue weighted by molar-refractivity contribution is 9.10. The van der Waals surface area contributed by atoms with Gasteiger partial charge in [0.25, 0.3) is 0 Å². The van der Waals surface area contributed by atoms with E-state index in [0.29, 0.717) is 4.47 Å². The van der Waals surface area contributed by atoms with Gasteiger partial charge in [-0.1, -0.05) is 6.42 Å². The van der Waals surface area contributed by atoms with Crippen LogP contribution < -0.4 is 5.32 Å². The van der Waals surface area contributed by atoms with Crippen LogP contribution in [0.3, 0.4) is 0 Å². The highest BCUT2D eigenvalue weighted by Crippen LogP contribution is 2.39. The van der Waals surface area contributed by atoms with E-state index in [1.54, 1.807) is 6.07 Å². The summed E-state index contributed by atoms with van der Waals surface area (Å²) >= 11 is 3.43. The minimum absolute atomic E-state index is 0.213. The zero-order valence-corrected chi connectivity index (χ0v) is 14.1. The summed E-state index contributed by atoms with van der Waals surface area (Å²) in [6.07, 6.45) is 5.68. The molecule has 0 saturated heterocycles. The Morgan fingerprint density at radius 2 is 2.05 bits per heavy atom. The van der Waals surface area contributed by atoms with E-state index >= 15 is 0 Å². The average Bonchev–Trinajstić information content (AvgIpc) is 2.70. The largest absolute Gasteiger partial charge is 0.384 e. The molecule has 1 aromatic heterocycles. The first-order valence-electron chi connectivity index (χ1n) is 7.67. The van der Waals surface area contributed by atoms with E-state index in [4.69, 9.17) is 4.98 Å². The number of benzene rings is 1. The Balaban J connectivity index is 2.40. The van der Waals surface area contributed by atoms with Gasteiger partial charge >= 0.3 is 0 Å². The van der Waals surface area contributed by atoms with Crippen molar-refractivity contribution in [2.45, 2.75) is 46.0 Å². The van der Waals surface area contributed by atoms with Crippen LogP contribution in [0.5, 0.6) is 0 Å². The number of anilines is 1. The summed E-state index contributed by atoms with van der Waals surface area (Å²) in [6, 6.07) is 1.57. The number of hydrogen-bond donors (Lipinski definition) is 1. The highest BCUT2D eigenvalue weighted by atomic mass is 79.9. The summed E-state index contributed by atoms with van der Waals surface area (Å²) in [4.78, 5) is 4.88. The van der Waals surface area contributed by atoms with Crippen LogP contribution in [0.2, 0.25) is 0 Å². The second kappa shape index (κ2) is 5.91. The summed E-state index contributed by atoms with van der Waals surface area (Å²) in [5.41, 5.74) is 5.37. The Bertz CT molecular complexity index is 697. The van der Waals surface area contributed by atoms with Crippen LogP contribution in [0.1, 0.15) is 43.0 Å². The molecule has 2 nitrogen and oxygen atoms in total. The lowest BCUT2D eigenvalue weighted by Gasteiger charge is -2.18. The number of nitrogens with zero attached hydrogens (tertiary/aromatic N) is 1. The first-order chi connectivity index (χ1) is 10.1. The molecule has 2 aromatic rings. The van der Waals surface area contributed by atoms with E-state index in [-0.39, 0.29) is 5.82 Å². The third-order valence-electron chi connectivity index (χ3n) is 4.22. The summed E-state index contributed by atoms with van der Waals surface area (Å²) in [7, 11) is 0. The molecule has 0 spiro atoms. The molecule has 0 amide bonds. The molecule has 3 rings (SSSR count). The normalized spacial score (nSPS) is 14.9. The molecule has 1 aliphatic carbocycles. The van der Waals surface area contributed by atoms with E-state index in [1.807, 2.05) is 6.92 Å². The van der Waals surface area contributed by atoms with Crippen molar-refractivity contribution in [3.05, 3.63) is 33.2 Å².